The van der Waals surface area contributed by atoms with Gasteiger partial charge in [0.2, 0.25) is 5.56 Å². The molecular formula is C6H5NO3. The van der Waals surface area contributed by atoms with Gasteiger partial charge < -0.3 is 10.1 Å². The van der Waals surface area contributed by atoms with Gasteiger partial charge in [-0.15, -0.1) is 0 Å². The Bertz CT molecular complexity index is 426. The largest absolute Gasteiger partial charge is 0.478 e. The number of hydrogen-bond donors (Lipinski definition) is 2. The molecule has 0 saturated heterocycles. The molecule has 0 spiro atoms. The Morgan fingerprint density at radius 1 is 1.80 bits per heavy atom. The molecule has 0 aliphatic carbocycles. The van der Waals surface area contributed by atoms with Crippen LogP contribution in [0.1, 0.15) is 14.5 Å². The van der Waals surface area contributed by atoms with Gasteiger partial charge in [0.15, 0.2) is 0 Å². The van der Waals surface area contributed by atoms with Crippen LogP contribution in [0.4, 0.5) is 0 Å². The maximum absolute atomic E-state index is 10.8. The summed E-state index contributed by atoms with van der Waals surface area (Å²) in [6.07, 6.45) is -0.599. The highest BCUT2D eigenvalue weighted by Crippen LogP contribution is 1.90. The zero-order chi connectivity index (χ0) is 10.2. The lowest BCUT2D eigenvalue weighted by atomic mass is 10.3. The van der Waals surface area contributed by atoms with Crippen LogP contribution in [-0.4, -0.2) is 16.1 Å². The molecule has 4 heteroatoms. The monoisotopic (exact) mass is 142 g/mol. The predicted molar refractivity (Wildman–Crippen MR) is 34.0 cm³/mol. The zero-order valence-electron chi connectivity index (χ0n) is 7.76. The van der Waals surface area contributed by atoms with E-state index in [1.807, 2.05) is 4.98 Å². The molecule has 0 aliphatic rings. The third-order valence-corrected chi connectivity index (χ3v) is 0.816. The van der Waals surface area contributed by atoms with E-state index in [1.54, 1.807) is 0 Å². The van der Waals surface area contributed by atoms with Crippen LogP contribution in [0.5, 0.6) is 0 Å². The number of carboxylic acid groups (broad SMARTS) is 1. The number of carbonyl (C=O) groups is 1. The number of hydrogen-bond acceptors (Lipinski definition) is 2. The third-order valence-electron chi connectivity index (χ3n) is 0.816. The minimum absolute atomic E-state index is 0.599. The standard InChI is InChI=1S/C6H5NO3/c8-5-3-4(6(9)10)1-2-7-5/h1-3H,(H,7,8)(H,9,10)/i1D,2D,3D. The van der Waals surface area contributed by atoms with Gasteiger partial charge in [-0.05, 0) is 6.04 Å². The van der Waals surface area contributed by atoms with Crippen molar-refractivity contribution in [2.75, 3.05) is 0 Å². The number of aromatic carboxylic acids is 1. The summed E-state index contributed by atoms with van der Waals surface area (Å²) in [5, 5.41) is 8.52. The maximum atomic E-state index is 10.8. The normalized spacial score (nSPS) is 13.4. The van der Waals surface area contributed by atoms with Crippen molar-refractivity contribution in [1.29, 1.82) is 0 Å². The van der Waals surface area contributed by atoms with Gasteiger partial charge in [-0.2, -0.15) is 0 Å². The maximum Gasteiger partial charge on any atom is 0.335 e. The van der Waals surface area contributed by atoms with E-state index in [0.717, 1.165) is 0 Å². The Labute approximate surface area is 60.3 Å². The van der Waals surface area contributed by atoms with Crippen LogP contribution in [0.15, 0.2) is 23.1 Å². The Kier molecular flexibility index (Phi) is 0.834. The lowest BCUT2D eigenvalue weighted by Crippen LogP contribution is -2.07. The van der Waals surface area contributed by atoms with Crippen molar-refractivity contribution in [2.45, 2.75) is 0 Å². The number of carboxylic acids is 1. The molecule has 0 amide bonds. The first-order valence-electron chi connectivity index (χ1n) is 3.88. The van der Waals surface area contributed by atoms with Crippen LogP contribution in [0.3, 0.4) is 0 Å². The van der Waals surface area contributed by atoms with Crippen molar-refractivity contribution in [1.82, 2.24) is 4.98 Å². The minimum atomic E-state index is -1.55. The molecule has 0 unspecified atom stereocenters. The summed E-state index contributed by atoms with van der Waals surface area (Å²) < 4.78 is 21.1. The molecule has 4 nitrogen and oxygen atoms in total. The summed E-state index contributed by atoms with van der Waals surface area (Å²) in [6.45, 7) is 0. The average Bonchev–Trinajstić information content (AvgIpc) is 2.01. The molecule has 10 heavy (non-hydrogen) atoms. The second-order valence-corrected chi connectivity index (χ2v) is 1.51. The van der Waals surface area contributed by atoms with Crippen molar-refractivity contribution >= 4 is 5.97 Å². The molecule has 0 bridgehead atoms. The van der Waals surface area contributed by atoms with Crippen molar-refractivity contribution in [2.24, 2.45) is 0 Å². The summed E-state index contributed by atoms with van der Waals surface area (Å²) in [6, 6.07) is -1.45. The van der Waals surface area contributed by atoms with Crippen LogP contribution >= 0.6 is 0 Å². The number of nitrogens with one attached hydrogen (secondary N) is 1. The molecule has 0 aromatic carbocycles. The molecule has 0 radical (unpaired) electrons. The SMILES string of the molecule is [2H]c1[nH]c(=O)c([2H])c(C(=O)O)c1[2H]. The van der Waals surface area contributed by atoms with Gasteiger partial charge in [0.1, 0.15) is 0 Å². The van der Waals surface area contributed by atoms with Gasteiger partial charge in [-0.3, -0.25) is 4.79 Å². The molecular weight excluding hydrogens is 134 g/mol. The lowest BCUT2D eigenvalue weighted by molar-refractivity contribution is 0.0696. The Hall–Kier alpha value is -1.58. The molecule has 2 N–H and O–H groups in total. The van der Waals surface area contributed by atoms with E-state index in [0.29, 0.717) is 0 Å². The van der Waals surface area contributed by atoms with Crippen molar-refractivity contribution in [3.8, 4) is 0 Å². The molecule has 1 rings (SSSR count). The molecule has 52 valence electrons. The van der Waals surface area contributed by atoms with Gasteiger partial charge >= 0.3 is 5.97 Å². The van der Waals surface area contributed by atoms with Crippen LogP contribution in [0.2, 0.25) is 0 Å². The van der Waals surface area contributed by atoms with Gasteiger partial charge in [0, 0.05) is 12.2 Å². The number of H-pyrrole nitrogens is 1. The number of aromatic amines is 1. The fourth-order valence-electron chi connectivity index (χ4n) is 0.433. The molecule has 1 aromatic heterocycles. The zero-order valence-corrected chi connectivity index (χ0v) is 4.76. The fraction of sp³-hybridized carbons (Fsp3) is 0. The molecule has 0 aliphatic heterocycles. The Morgan fingerprint density at radius 3 is 3.10 bits per heavy atom. The molecule has 1 aromatic rings. The molecule has 0 atom stereocenters. The highest BCUT2D eigenvalue weighted by atomic mass is 16.4. The first-order chi connectivity index (χ1) is 5.95. The van der Waals surface area contributed by atoms with E-state index in [9.17, 15) is 9.59 Å². The summed E-state index contributed by atoms with van der Waals surface area (Å²) in [4.78, 5) is 23.2. The van der Waals surface area contributed by atoms with E-state index in [1.165, 1.54) is 0 Å². The molecule has 0 saturated carbocycles. The number of aromatic nitrogens is 1. The predicted octanol–water partition coefficient (Wildman–Crippen LogP) is 0.0731. The van der Waals surface area contributed by atoms with E-state index in [4.69, 9.17) is 9.22 Å². The smallest absolute Gasteiger partial charge is 0.335 e. The second-order valence-electron chi connectivity index (χ2n) is 1.51. The van der Waals surface area contributed by atoms with Gasteiger partial charge in [0.05, 0.1) is 9.68 Å². The molecule has 1 heterocycles. The average molecular weight is 142 g/mol. The molecule has 0 fully saturated rings. The number of pyridine rings is 1. The van der Waals surface area contributed by atoms with Crippen LogP contribution in [0.25, 0.3) is 0 Å². The first kappa shape index (κ1) is 3.55. The Morgan fingerprint density at radius 2 is 2.50 bits per heavy atom. The summed E-state index contributed by atoms with van der Waals surface area (Å²) >= 11 is 0. The van der Waals surface area contributed by atoms with E-state index in [-0.39, 0.29) is 0 Å². The van der Waals surface area contributed by atoms with Crippen LogP contribution in [0, 0.1) is 0 Å². The quantitative estimate of drug-likeness (QED) is 0.583. The summed E-state index contributed by atoms with van der Waals surface area (Å²) in [5.74, 6) is -1.55. The third kappa shape index (κ3) is 1.22. The first-order valence-corrected chi connectivity index (χ1v) is 2.38. The van der Waals surface area contributed by atoms with Crippen molar-refractivity contribution < 1.29 is 14.0 Å². The van der Waals surface area contributed by atoms with E-state index in [2.05, 4.69) is 0 Å². The highest BCUT2D eigenvalue weighted by Gasteiger charge is 1.99. The van der Waals surface area contributed by atoms with E-state index < -0.39 is 35.3 Å². The minimum Gasteiger partial charge on any atom is -0.478 e. The lowest BCUT2D eigenvalue weighted by Gasteiger charge is -1.88. The van der Waals surface area contributed by atoms with Gasteiger partial charge in [-0.1, -0.05) is 0 Å². The summed E-state index contributed by atoms with van der Waals surface area (Å²) in [7, 11) is 0. The van der Waals surface area contributed by atoms with Crippen LogP contribution < -0.4 is 5.56 Å². The Balaban J connectivity index is 3.66. The fourth-order valence-corrected chi connectivity index (χ4v) is 0.433. The van der Waals surface area contributed by atoms with Crippen LogP contribution in [-0.2, 0) is 0 Å². The number of rotatable bonds is 1. The topological polar surface area (TPSA) is 70.2 Å². The van der Waals surface area contributed by atoms with Crippen molar-refractivity contribution in [3.05, 3.63) is 34.2 Å². The summed E-state index contributed by atoms with van der Waals surface area (Å²) in [5.41, 5.74) is -1.72. The highest BCUT2D eigenvalue weighted by molar-refractivity contribution is 5.87. The van der Waals surface area contributed by atoms with E-state index >= 15 is 0 Å². The second kappa shape index (κ2) is 2.34. The van der Waals surface area contributed by atoms with Crippen molar-refractivity contribution in [3.63, 3.8) is 0 Å². The van der Waals surface area contributed by atoms with Gasteiger partial charge in [0.25, 0.3) is 0 Å². The van der Waals surface area contributed by atoms with Gasteiger partial charge in [-0.25, -0.2) is 4.79 Å².